The van der Waals surface area contributed by atoms with Crippen LogP contribution in [0.3, 0.4) is 0 Å². The summed E-state index contributed by atoms with van der Waals surface area (Å²) in [7, 11) is -0.353. The molecule has 2 aromatic rings. The average Bonchev–Trinajstić information content (AvgIpc) is 2.87. The van der Waals surface area contributed by atoms with Crippen LogP contribution >= 0.6 is 0 Å². The molecule has 1 aliphatic heterocycles. The fraction of sp³-hybridized carbons (Fsp3) is 0.353. The van der Waals surface area contributed by atoms with Crippen molar-refractivity contribution < 1.29 is 13.7 Å². The molecule has 0 bridgehead atoms. The number of allylic oxidation sites excluding steroid dienone is 2. The highest BCUT2D eigenvalue weighted by atomic mass is 16.7. The van der Waals surface area contributed by atoms with Crippen molar-refractivity contribution in [1.82, 2.24) is 0 Å². The smallest absolute Gasteiger partial charge is 0.460 e. The van der Waals surface area contributed by atoms with Gasteiger partial charge in [0.25, 0.3) is 0 Å². The number of hydrogen-bond donors (Lipinski definition) is 0. The highest BCUT2D eigenvalue weighted by Gasteiger charge is 2.40. The zero-order valence-electron chi connectivity index (χ0n) is 12.7. The number of benzene rings is 1. The van der Waals surface area contributed by atoms with Crippen molar-refractivity contribution in [3.05, 3.63) is 57.4 Å². The molecule has 0 amide bonds. The maximum atomic E-state index is 12.7. The molecule has 1 saturated heterocycles. The van der Waals surface area contributed by atoms with Gasteiger partial charge in [-0.3, -0.25) is 4.79 Å². The van der Waals surface area contributed by atoms with Crippen molar-refractivity contribution >= 4 is 18.1 Å². The van der Waals surface area contributed by atoms with Crippen molar-refractivity contribution in [3.8, 4) is 0 Å². The van der Waals surface area contributed by atoms with Gasteiger partial charge in [-0.05, 0) is 37.9 Å². The van der Waals surface area contributed by atoms with Gasteiger partial charge in [0.1, 0.15) is 11.3 Å². The number of hydrogen-bond acceptors (Lipinski definition) is 4. The lowest BCUT2D eigenvalue weighted by molar-refractivity contribution is 0.136. The molecule has 22 heavy (non-hydrogen) atoms. The van der Waals surface area contributed by atoms with Gasteiger partial charge < -0.3 is 13.7 Å². The van der Waals surface area contributed by atoms with Crippen LogP contribution in [0.2, 0.25) is 0 Å². The maximum absolute atomic E-state index is 12.7. The lowest BCUT2D eigenvalue weighted by Crippen LogP contribution is -2.29. The van der Waals surface area contributed by atoms with E-state index in [1.54, 1.807) is 0 Å². The highest BCUT2D eigenvalue weighted by Crippen LogP contribution is 2.29. The van der Waals surface area contributed by atoms with E-state index < -0.39 is 0 Å². The fourth-order valence-electron chi connectivity index (χ4n) is 3.07. The first-order chi connectivity index (χ1) is 10.5. The lowest BCUT2D eigenvalue weighted by Gasteiger charge is -2.19. The maximum Gasteiger partial charge on any atom is 0.490 e. The van der Waals surface area contributed by atoms with Gasteiger partial charge in [0, 0.05) is 12.0 Å². The van der Waals surface area contributed by atoms with Gasteiger partial charge in [-0.25, -0.2) is 0 Å². The summed E-state index contributed by atoms with van der Waals surface area (Å²) in [6.07, 6.45) is 3.20. The zero-order valence-corrected chi connectivity index (χ0v) is 12.7. The quantitative estimate of drug-likeness (QED) is 0.759. The van der Waals surface area contributed by atoms with Gasteiger partial charge in [-0.2, -0.15) is 0 Å². The first-order valence-electron chi connectivity index (χ1n) is 7.55. The Labute approximate surface area is 128 Å². The highest BCUT2D eigenvalue weighted by molar-refractivity contribution is 6.54. The predicted octanol–water partition coefficient (Wildman–Crippen LogP) is 2.67. The van der Waals surface area contributed by atoms with E-state index in [9.17, 15) is 4.79 Å². The molecule has 1 aromatic carbocycles. The monoisotopic (exact) mass is 296 g/mol. The molecular formula is C17H17BO4. The van der Waals surface area contributed by atoms with Crippen molar-refractivity contribution in [1.29, 1.82) is 0 Å². The molecule has 5 heteroatoms. The summed E-state index contributed by atoms with van der Waals surface area (Å²) in [5.41, 5.74) is 2.17. The summed E-state index contributed by atoms with van der Waals surface area (Å²) < 4.78 is 17.5. The first-order valence-corrected chi connectivity index (χ1v) is 7.55. The molecule has 1 aromatic heterocycles. The molecule has 0 radical (unpaired) electrons. The molecule has 0 atom stereocenters. The zero-order chi connectivity index (χ0) is 15.3. The van der Waals surface area contributed by atoms with Crippen molar-refractivity contribution in [2.24, 2.45) is 0 Å². The Bertz CT molecular complexity index is 834. The molecule has 2 aliphatic rings. The average molecular weight is 296 g/mol. The summed E-state index contributed by atoms with van der Waals surface area (Å²) >= 11 is 0. The van der Waals surface area contributed by atoms with E-state index in [0.29, 0.717) is 30.4 Å². The van der Waals surface area contributed by atoms with E-state index in [1.165, 1.54) is 0 Å². The van der Waals surface area contributed by atoms with E-state index >= 15 is 0 Å². The second-order valence-corrected chi connectivity index (χ2v) is 6.51. The second kappa shape index (κ2) is 4.83. The Balaban J connectivity index is 1.72. The van der Waals surface area contributed by atoms with Crippen molar-refractivity contribution in [2.45, 2.75) is 32.3 Å². The third-order valence-electron chi connectivity index (χ3n) is 4.22. The topological polar surface area (TPSA) is 48.7 Å². The molecule has 0 spiro atoms. The predicted molar refractivity (Wildman–Crippen MR) is 84.8 cm³/mol. The Morgan fingerprint density at radius 1 is 1.23 bits per heavy atom. The molecule has 0 saturated carbocycles. The summed E-state index contributed by atoms with van der Waals surface area (Å²) in [4.78, 5) is 12.7. The van der Waals surface area contributed by atoms with E-state index in [2.05, 4.69) is 6.08 Å². The number of rotatable bonds is 1. The van der Waals surface area contributed by atoms with Crippen LogP contribution in [0.4, 0.5) is 0 Å². The Kier molecular flexibility index (Phi) is 3.03. The minimum absolute atomic E-state index is 0.0553. The van der Waals surface area contributed by atoms with Gasteiger partial charge >= 0.3 is 7.12 Å². The Morgan fingerprint density at radius 3 is 2.82 bits per heavy atom. The molecule has 0 N–H and O–H groups in total. The van der Waals surface area contributed by atoms with E-state index in [0.717, 1.165) is 16.8 Å². The van der Waals surface area contributed by atoms with Crippen LogP contribution in [0, 0.1) is 0 Å². The van der Waals surface area contributed by atoms with Gasteiger partial charge in [-0.1, -0.05) is 18.2 Å². The van der Waals surface area contributed by atoms with Gasteiger partial charge in [0.2, 0.25) is 0 Å². The largest absolute Gasteiger partial charge is 0.490 e. The van der Waals surface area contributed by atoms with Gasteiger partial charge in [0.15, 0.2) is 5.43 Å². The number of fused-ring (bicyclic) bond motifs is 2. The van der Waals surface area contributed by atoms with Crippen LogP contribution < -0.4 is 5.43 Å². The molecule has 2 heterocycles. The molecular weight excluding hydrogens is 279 g/mol. The molecule has 1 aliphatic carbocycles. The van der Waals surface area contributed by atoms with Crippen LogP contribution in [0.25, 0.3) is 11.0 Å². The van der Waals surface area contributed by atoms with Crippen molar-refractivity contribution in [3.63, 3.8) is 0 Å². The molecule has 1 fully saturated rings. The fourth-order valence-corrected chi connectivity index (χ4v) is 3.07. The van der Waals surface area contributed by atoms with Crippen LogP contribution in [-0.4, -0.2) is 19.3 Å². The summed E-state index contributed by atoms with van der Waals surface area (Å²) in [5, 5.41) is 0.635. The normalized spacial score (nSPS) is 20.1. The van der Waals surface area contributed by atoms with Gasteiger partial charge in [0.05, 0.1) is 17.6 Å². The SMILES string of the molecule is CC1(C)COB(C2=CCc3oc4ccccc4c(=O)c3C2)O1. The summed E-state index contributed by atoms with van der Waals surface area (Å²) in [6.45, 7) is 4.58. The standard InChI is InChI=1S/C17H17BO4/c1-17(2)10-20-18(22-17)11-7-8-15-13(9-11)16(19)12-5-3-4-6-14(12)21-15/h3-7H,8-10H2,1-2H3. The Morgan fingerprint density at radius 2 is 2.05 bits per heavy atom. The lowest BCUT2D eigenvalue weighted by atomic mass is 9.72. The van der Waals surface area contributed by atoms with Crippen LogP contribution in [0.15, 0.2) is 45.0 Å². The van der Waals surface area contributed by atoms with Crippen LogP contribution in [0.5, 0.6) is 0 Å². The van der Waals surface area contributed by atoms with Crippen LogP contribution in [-0.2, 0) is 22.2 Å². The minimum atomic E-state index is -0.353. The van der Waals surface area contributed by atoms with Gasteiger partial charge in [-0.15, -0.1) is 0 Å². The second-order valence-electron chi connectivity index (χ2n) is 6.51. The van der Waals surface area contributed by atoms with Crippen LogP contribution in [0.1, 0.15) is 25.2 Å². The molecule has 4 nitrogen and oxygen atoms in total. The van der Waals surface area contributed by atoms with E-state index in [4.69, 9.17) is 13.7 Å². The molecule has 112 valence electrons. The molecule has 0 unspecified atom stereocenters. The summed E-state index contributed by atoms with van der Waals surface area (Å²) in [5.74, 6) is 0.754. The third-order valence-corrected chi connectivity index (χ3v) is 4.22. The molecule has 4 rings (SSSR count). The van der Waals surface area contributed by atoms with E-state index in [-0.39, 0.29) is 18.1 Å². The third kappa shape index (κ3) is 2.21. The first kappa shape index (κ1) is 13.8. The van der Waals surface area contributed by atoms with Crippen molar-refractivity contribution in [2.75, 3.05) is 6.61 Å². The minimum Gasteiger partial charge on any atom is -0.460 e. The summed E-state index contributed by atoms with van der Waals surface area (Å²) in [6, 6.07) is 7.38. The number of para-hydroxylation sites is 1. The van der Waals surface area contributed by atoms with E-state index in [1.807, 2.05) is 38.1 Å². The Hall–Kier alpha value is -1.85.